The lowest BCUT2D eigenvalue weighted by atomic mass is 10.0. The topological polar surface area (TPSA) is 170 Å². The molecule has 14 nitrogen and oxygen atoms in total. The second-order valence-corrected chi connectivity index (χ2v) is 18.0. The van der Waals surface area contributed by atoms with Crippen molar-refractivity contribution in [3.8, 4) is 10.6 Å². The summed E-state index contributed by atoms with van der Waals surface area (Å²) in [5.74, 6) is 0.343. The number of fused-ring (bicyclic) bond motifs is 2. The molecule has 3 unspecified atom stereocenters. The highest BCUT2D eigenvalue weighted by molar-refractivity contribution is 7.23. The Hall–Kier alpha value is -6.39. The summed E-state index contributed by atoms with van der Waals surface area (Å²) in [6.07, 6.45) is 5.59. The van der Waals surface area contributed by atoms with Crippen LogP contribution < -0.4 is 21.3 Å². The van der Waals surface area contributed by atoms with Crippen LogP contribution in [0.15, 0.2) is 85.2 Å². The minimum absolute atomic E-state index is 0.126. The molecule has 6 heterocycles. The number of ether oxygens (including phenoxy) is 2. The first kappa shape index (κ1) is 41.0. The molecule has 0 aliphatic carbocycles. The van der Waals surface area contributed by atoms with Gasteiger partial charge in [-0.1, -0.05) is 60.7 Å². The smallest absolute Gasteiger partial charge is 0.407 e. The van der Waals surface area contributed by atoms with Gasteiger partial charge < -0.3 is 45.5 Å². The Morgan fingerprint density at radius 3 is 1.92 bits per heavy atom. The number of aryl methyl sites for hydroxylation is 2. The Balaban J connectivity index is 0.921. The summed E-state index contributed by atoms with van der Waals surface area (Å²) >= 11 is 3.47. The first-order chi connectivity index (χ1) is 30.1. The number of H-pyrrole nitrogens is 1. The van der Waals surface area contributed by atoms with Crippen LogP contribution in [0.1, 0.15) is 76.8 Å². The number of rotatable bonds is 10. The lowest BCUT2D eigenvalue weighted by Crippen LogP contribution is -2.54. The van der Waals surface area contributed by atoms with Gasteiger partial charge >= 0.3 is 12.2 Å². The molecule has 62 heavy (non-hydrogen) atoms. The van der Waals surface area contributed by atoms with Crippen LogP contribution in [0.5, 0.6) is 0 Å². The summed E-state index contributed by atoms with van der Waals surface area (Å²) in [5, 5.41) is 15.1. The highest BCUT2D eigenvalue weighted by atomic mass is 32.1. The van der Waals surface area contributed by atoms with Crippen molar-refractivity contribution < 1.29 is 28.7 Å². The molecule has 5 N–H and O–H groups in total. The Kier molecular flexibility index (Phi) is 11.4. The molecular formula is C46H48N8O6S2. The number of nitrogens with zero attached hydrogens (tertiary/aromatic N) is 3. The molecular weight excluding hydrogens is 825 g/mol. The molecule has 0 radical (unpaired) electrons. The maximum atomic E-state index is 14.1. The highest BCUT2D eigenvalue weighted by Crippen LogP contribution is 2.45. The van der Waals surface area contributed by atoms with Gasteiger partial charge in [0.2, 0.25) is 5.91 Å². The number of alkyl carbamates (subject to hydrolysis) is 2. The SMILES string of the molecule is COC(=O)NC(C(=O)N1CCC[C@H]1c1ncc(-c2cc3c(C)c4sc(C5=CNC([C@@H]6CCCN6C(=O)C(NC(=O)OC)c6ccccc6)N5)cc4c(C)c3s2)[nH]1)c1ccccc1. The quantitative estimate of drug-likeness (QED) is 0.0923. The largest absolute Gasteiger partial charge is 0.453 e. The van der Waals surface area contributed by atoms with Crippen molar-refractivity contribution in [1.82, 2.24) is 41.0 Å². The number of hydrogen-bond donors (Lipinski definition) is 5. The number of aromatic nitrogens is 2. The number of amides is 4. The second kappa shape index (κ2) is 17.2. The molecule has 3 aliphatic rings. The van der Waals surface area contributed by atoms with Gasteiger partial charge in [-0.15, -0.1) is 22.7 Å². The van der Waals surface area contributed by atoms with Crippen molar-refractivity contribution in [3.05, 3.63) is 118 Å². The summed E-state index contributed by atoms with van der Waals surface area (Å²) < 4.78 is 12.2. The minimum Gasteiger partial charge on any atom is -0.453 e. The molecule has 0 spiro atoms. The molecule has 3 aromatic carbocycles. The molecule has 3 aliphatic heterocycles. The van der Waals surface area contributed by atoms with Crippen LogP contribution in [0.4, 0.5) is 9.59 Å². The van der Waals surface area contributed by atoms with E-state index < -0.39 is 24.3 Å². The monoisotopic (exact) mass is 872 g/mol. The Morgan fingerprint density at radius 2 is 1.31 bits per heavy atom. The molecule has 2 fully saturated rings. The number of hydrogen-bond acceptors (Lipinski definition) is 11. The third-order valence-corrected chi connectivity index (χ3v) is 14.8. The molecule has 9 rings (SSSR count). The Morgan fingerprint density at radius 1 is 0.758 bits per heavy atom. The zero-order valence-corrected chi connectivity index (χ0v) is 36.5. The van der Waals surface area contributed by atoms with E-state index in [4.69, 9.17) is 14.5 Å². The molecule has 6 aromatic rings. The number of nitrogens with one attached hydrogen (secondary N) is 5. The summed E-state index contributed by atoms with van der Waals surface area (Å²) in [4.78, 5) is 66.9. The molecule has 320 valence electrons. The van der Waals surface area contributed by atoms with Gasteiger partial charge in [-0.25, -0.2) is 14.6 Å². The van der Waals surface area contributed by atoms with E-state index in [2.05, 4.69) is 52.2 Å². The van der Waals surface area contributed by atoms with E-state index in [9.17, 15) is 19.2 Å². The number of aromatic amines is 1. The Bertz CT molecular complexity index is 2640. The lowest BCUT2D eigenvalue weighted by molar-refractivity contribution is -0.135. The van der Waals surface area contributed by atoms with Gasteiger partial charge in [0.1, 0.15) is 24.1 Å². The summed E-state index contributed by atoms with van der Waals surface area (Å²) in [7, 11) is 2.58. The van der Waals surface area contributed by atoms with Gasteiger partial charge in [0.05, 0.1) is 53.6 Å². The number of imidazole rings is 1. The zero-order chi connectivity index (χ0) is 43.1. The van der Waals surface area contributed by atoms with Gasteiger partial charge in [0.15, 0.2) is 0 Å². The number of benzene rings is 3. The lowest BCUT2D eigenvalue weighted by Gasteiger charge is -2.33. The fourth-order valence-corrected chi connectivity index (χ4v) is 11.5. The molecule has 16 heteroatoms. The van der Waals surface area contributed by atoms with Crippen molar-refractivity contribution in [2.24, 2.45) is 0 Å². The minimum atomic E-state index is -0.884. The fraction of sp³-hybridized carbons (Fsp3) is 0.326. The predicted octanol–water partition coefficient (Wildman–Crippen LogP) is 7.79. The number of carbonyl (C=O) groups is 4. The molecule has 4 amide bonds. The zero-order valence-electron chi connectivity index (χ0n) is 34.8. The normalized spacial score (nSPS) is 19.5. The van der Waals surface area contributed by atoms with Crippen LogP contribution in [0.25, 0.3) is 36.4 Å². The fourth-order valence-electron chi connectivity index (χ4n) is 9.09. The molecule has 2 saturated heterocycles. The van der Waals surface area contributed by atoms with Crippen molar-refractivity contribution in [2.75, 3.05) is 27.3 Å². The number of thiophene rings is 2. The molecule has 5 atom stereocenters. The van der Waals surface area contributed by atoms with Crippen LogP contribution >= 0.6 is 22.7 Å². The van der Waals surface area contributed by atoms with Crippen LogP contribution in [0, 0.1) is 13.8 Å². The van der Waals surface area contributed by atoms with E-state index in [-0.39, 0.29) is 30.1 Å². The number of carbonyl (C=O) groups excluding carboxylic acids is 4. The standard InChI is InChI=1S/C46H48N8O6S2/c1-25-29-21-35(31-23-47-41(49-31)33-17-11-19-53(33)43(55)37(51-45(57)59-3)27-13-7-5-8-14-27)62-40(29)26(2)30-22-36(61-39(25)30)32-24-48-42(50-32)34-18-12-20-54(34)44(56)38(52-46(58)60-4)28-15-9-6-10-16-28/h5-10,13-16,21-24,33-34,37-38,41,47,49H,11-12,17-20H2,1-4H3,(H,48,50)(H,51,57)(H,52,58)/t33-,34-,37?,38?,41?/m0/s1. The first-order valence-corrected chi connectivity index (χ1v) is 22.4. The summed E-state index contributed by atoms with van der Waals surface area (Å²) in [6.45, 7) is 5.50. The predicted molar refractivity (Wildman–Crippen MR) is 240 cm³/mol. The maximum Gasteiger partial charge on any atom is 0.407 e. The van der Waals surface area contributed by atoms with Crippen LogP contribution in [0.3, 0.4) is 0 Å². The maximum absolute atomic E-state index is 14.1. The summed E-state index contributed by atoms with van der Waals surface area (Å²) in [5.41, 5.74) is 5.67. The number of likely N-dealkylation sites (tertiary alicyclic amines) is 2. The van der Waals surface area contributed by atoms with Crippen LogP contribution in [-0.2, 0) is 19.1 Å². The van der Waals surface area contributed by atoms with Gasteiger partial charge in [-0.3, -0.25) is 9.59 Å². The third-order valence-electron chi connectivity index (χ3n) is 12.3. The highest BCUT2D eigenvalue weighted by Gasteiger charge is 2.41. The van der Waals surface area contributed by atoms with Crippen molar-refractivity contribution >= 4 is 72.5 Å². The van der Waals surface area contributed by atoms with Crippen LogP contribution in [-0.4, -0.2) is 83.3 Å². The van der Waals surface area contributed by atoms with Crippen molar-refractivity contribution in [2.45, 2.75) is 69.9 Å². The molecule has 0 saturated carbocycles. The number of methoxy groups -OCH3 is 2. The van der Waals surface area contributed by atoms with E-state index in [1.54, 1.807) is 22.7 Å². The van der Waals surface area contributed by atoms with E-state index >= 15 is 0 Å². The van der Waals surface area contributed by atoms with E-state index in [1.807, 2.05) is 82.9 Å². The van der Waals surface area contributed by atoms with E-state index in [1.165, 1.54) is 45.5 Å². The second-order valence-electron chi connectivity index (χ2n) is 15.9. The summed E-state index contributed by atoms with van der Waals surface area (Å²) in [6, 6.07) is 20.8. The van der Waals surface area contributed by atoms with Gasteiger partial charge in [0.25, 0.3) is 5.91 Å². The van der Waals surface area contributed by atoms with Gasteiger partial charge in [0, 0.05) is 28.7 Å². The van der Waals surface area contributed by atoms with Gasteiger partial charge in [-0.2, -0.15) is 0 Å². The van der Waals surface area contributed by atoms with Crippen molar-refractivity contribution in [3.63, 3.8) is 0 Å². The first-order valence-electron chi connectivity index (χ1n) is 20.8. The Labute approximate surface area is 366 Å². The molecule has 0 bridgehead atoms. The van der Waals surface area contributed by atoms with Crippen LogP contribution in [0.2, 0.25) is 0 Å². The van der Waals surface area contributed by atoms with Crippen molar-refractivity contribution in [1.29, 1.82) is 0 Å². The van der Waals surface area contributed by atoms with E-state index in [0.29, 0.717) is 24.2 Å². The van der Waals surface area contributed by atoms with E-state index in [0.717, 1.165) is 52.7 Å². The average molecular weight is 873 g/mol. The third kappa shape index (κ3) is 7.61. The average Bonchev–Trinajstić information content (AvgIpc) is 4.15. The van der Waals surface area contributed by atoms with Gasteiger partial charge in [-0.05, 0) is 84.7 Å². The molecule has 3 aromatic heterocycles.